The minimum absolute atomic E-state index is 0.579. The number of carbonyl (C=O) groups is 1. The highest BCUT2D eigenvalue weighted by atomic mass is 35.5. The van der Waals surface area contributed by atoms with Crippen molar-refractivity contribution in [2.75, 3.05) is 0 Å². The van der Waals surface area contributed by atoms with E-state index < -0.39 is 6.03 Å². The van der Waals surface area contributed by atoms with Gasteiger partial charge in [0.25, 0.3) is 0 Å². The van der Waals surface area contributed by atoms with Gasteiger partial charge in [-0.1, -0.05) is 41.9 Å². The van der Waals surface area contributed by atoms with Crippen LogP contribution in [0.2, 0.25) is 0 Å². The normalized spacial score (nSPS) is 12.4. The second kappa shape index (κ2) is 5.92. The van der Waals surface area contributed by atoms with Crippen molar-refractivity contribution in [2.24, 2.45) is 10.8 Å². The molecule has 2 amide bonds. The molecule has 84 valence electrons. The number of allylic oxidation sites excluding steroid dienone is 1. The molecule has 0 aromatic heterocycles. The molecule has 0 saturated carbocycles. The second-order valence-corrected chi connectivity index (χ2v) is 3.48. The number of hydrazone groups is 1. The summed E-state index contributed by atoms with van der Waals surface area (Å²) in [6.07, 6.45) is 1.44. The lowest BCUT2D eigenvalue weighted by Crippen LogP contribution is -2.24. The standard InChI is InChI=1S/C11H12ClN3O/c1-8(7-14-15-11(13)16)10(12)9-5-3-2-4-6-9/h2-7H,1H3,(H3,13,15,16). The van der Waals surface area contributed by atoms with E-state index in [9.17, 15) is 4.79 Å². The monoisotopic (exact) mass is 237 g/mol. The molecule has 0 radical (unpaired) electrons. The van der Waals surface area contributed by atoms with Crippen LogP contribution >= 0.6 is 11.6 Å². The first-order valence-electron chi connectivity index (χ1n) is 4.61. The fraction of sp³-hybridized carbons (Fsp3) is 0.0909. The summed E-state index contributed by atoms with van der Waals surface area (Å²) < 4.78 is 0. The lowest BCUT2D eigenvalue weighted by molar-refractivity contribution is 0.249. The fourth-order valence-electron chi connectivity index (χ4n) is 1.06. The maximum Gasteiger partial charge on any atom is 0.332 e. The van der Waals surface area contributed by atoms with E-state index in [1.165, 1.54) is 6.21 Å². The van der Waals surface area contributed by atoms with Crippen LogP contribution in [0.1, 0.15) is 12.5 Å². The zero-order valence-electron chi connectivity index (χ0n) is 8.77. The minimum Gasteiger partial charge on any atom is -0.350 e. The molecule has 0 atom stereocenters. The third kappa shape index (κ3) is 3.74. The van der Waals surface area contributed by atoms with Gasteiger partial charge in [0.2, 0.25) is 0 Å². The Hall–Kier alpha value is -1.81. The average Bonchev–Trinajstić information content (AvgIpc) is 2.28. The highest BCUT2D eigenvalue weighted by Gasteiger charge is 2.00. The molecule has 5 heteroatoms. The van der Waals surface area contributed by atoms with Crippen molar-refractivity contribution in [3.05, 3.63) is 41.5 Å². The molecule has 0 aliphatic rings. The smallest absolute Gasteiger partial charge is 0.332 e. The van der Waals surface area contributed by atoms with Gasteiger partial charge in [-0.2, -0.15) is 5.10 Å². The van der Waals surface area contributed by atoms with Crippen LogP contribution in [0, 0.1) is 0 Å². The van der Waals surface area contributed by atoms with E-state index >= 15 is 0 Å². The lowest BCUT2D eigenvalue weighted by Gasteiger charge is -2.01. The summed E-state index contributed by atoms with van der Waals surface area (Å²) in [6.45, 7) is 1.79. The van der Waals surface area contributed by atoms with E-state index in [2.05, 4.69) is 10.5 Å². The number of rotatable bonds is 3. The van der Waals surface area contributed by atoms with Crippen LogP contribution < -0.4 is 11.2 Å². The van der Waals surface area contributed by atoms with Gasteiger partial charge in [-0.3, -0.25) is 0 Å². The van der Waals surface area contributed by atoms with Crippen molar-refractivity contribution in [2.45, 2.75) is 6.92 Å². The number of carbonyl (C=O) groups excluding carboxylic acids is 1. The third-order valence-corrected chi connectivity index (χ3v) is 2.32. The summed E-state index contributed by atoms with van der Waals surface area (Å²) in [6, 6.07) is 8.77. The quantitative estimate of drug-likeness (QED) is 0.615. The predicted octanol–water partition coefficient (Wildman–Crippen LogP) is 2.31. The first-order valence-corrected chi connectivity index (χ1v) is 4.99. The molecule has 1 aromatic carbocycles. The summed E-state index contributed by atoms with van der Waals surface area (Å²) in [5.74, 6) is 0. The minimum atomic E-state index is -0.708. The maximum absolute atomic E-state index is 10.4. The van der Waals surface area contributed by atoms with Crippen LogP contribution in [0.5, 0.6) is 0 Å². The average molecular weight is 238 g/mol. The van der Waals surface area contributed by atoms with E-state index in [1.54, 1.807) is 6.92 Å². The van der Waals surface area contributed by atoms with Crippen molar-refractivity contribution in [3.63, 3.8) is 0 Å². The maximum atomic E-state index is 10.4. The van der Waals surface area contributed by atoms with Gasteiger partial charge in [-0.15, -0.1) is 0 Å². The molecule has 0 spiro atoms. The molecule has 1 aromatic rings. The van der Waals surface area contributed by atoms with Crippen molar-refractivity contribution in [3.8, 4) is 0 Å². The molecule has 1 rings (SSSR count). The molecule has 0 heterocycles. The van der Waals surface area contributed by atoms with Crippen molar-refractivity contribution >= 4 is 28.9 Å². The molecule has 0 aliphatic heterocycles. The number of hydrogen-bond donors (Lipinski definition) is 2. The largest absolute Gasteiger partial charge is 0.350 e. The number of primary amides is 1. The number of nitrogens with one attached hydrogen (secondary N) is 1. The van der Waals surface area contributed by atoms with Crippen molar-refractivity contribution in [1.82, 2.24) is 5.43 Å². The molecule has 0 aliphatic carbocycles. The van der Waals surface area contributed by atoms with E-state index in [0.717, 1.165) is 11.1 Å². The molecule has 0 bridgehead atoms. The summed E-state index contributed by atoms with van der Waals surface area (Å²) >= 11 is 6.12. The Labute approximate surface area is 98.8 Å². The van der Waals surface area contributed by atoms with E-state index in [1.807, 2.05) is 30.3 Å². The Balaban J connectivity index is 2.81. The topological polar surface area (TPSA) is 67.5 Å². The van der Waals surface area contributed by atoms with Gasteiger partial charge < -0.3 is 5.73 Å². The Kier molecular flexibility index (Phi) is 4.54. The highest BCUT2D eigenvalue weighted by molar-refractivity contribution is 6.50. The molecule has 16 heavy (non-hydrogen) atoms. The van der Waals surface area contributed by atoms with Gasteiger partial charge in [-0.25, -0.2) is 10.2 Å². The molecule has 0 fully saturated rings. The SMILES string of the molecule is CC(C=NNC(N)=O)=C(Cl)c1ccccc1. The number of halogens is 1. The van der Waals surface area contributed by atoms with Gasteiger partial charge in [0.15, 0.2) is 0 Å². The number of nitrogens with zero attached hydrogens (tertiary/aromatic N) is 1. The van der Waals surface area contributed by atoms with E-state index in [-0.39, 0.29) is 0 Å². The molecular formula is C11H12ClN3O. The van der Waals surface area contributed by atoms with Gasteiger partial charge in [0.05, 0.1) is 11.2 Å². The zero-order valence-corrected chi connectivity index (χ0v) is 9.53. The van der Waals surface area contributed by atoms with Crippen LogP contribution in [0.25, 0.3) is 5.03 Å². The van der Waals surface area contributed by atoms with Crippen LogP contribution in [-0.4, -0.2) is 12.2 Å². The van der Waals surface area contributed by atoms with Crippen LogP contribution in [0.3, 0.4) is 0 Å². The molecular weight excluding hydrogens is 226 g/mol. The predicted molar refractivity (Wildman–Crippen MR) is 66.1 cm³/mol. The van der Waals surface area contributed by atoms with Crippen molar-refractivity contribution < 1.29 is 4.79 Å². The Morgan fingerprint density at radius 2 is 2.06 bits per heavy atom. The number of hydrogen-bond acceptors (Lipinski definition) is 2. The van der Waals surface area contributed by atoms with Crippen LogP contribution in [-0.2, 0) is 0 Å². The Bertz CT molecular complexity index is 426. The Morgan fingerprint density at radius 1 is 1.44 bits per heavy atom. The highest BCUT2D eigenvalue weighted by Crippen LogP contribution is 2.21. The van der Waals surface area contributed by atoms with E-state index in [4.69, 9.17) is 17.3 Å². The van der Waals surface area contributed by atoms with Gasteiger partial charge in [0, 0.05) is 0 Å². The second-order valence-electron chi connectivity index (χ2n) is 3.10. The molecule has 4 nitrogen and oxygen atoms in total. The molecule has 3 N–H and O–H groups in total. The summed E-state index contributed by atoms with van der Waals surface area (Å²) in [5, 5.41) is 4.20. The summed E-state index contributed by atoms with van der Waals surface area (Å²) in [5.41, 5.74) is 8.58. The summed E-state index contributed by atoms with van der Waals surface area (Å²) in [4.78, 5) is 10.4. The zero-order chi connectivity index (χ0) is 12.0. The fourth-order valence-corrected chi connectivity index (χ4v) is 1.24. The number of benzene rings is 1. The summed E-state index contributed by atoms with van der Waals surface area (Å²) in [7, 11) is 0. The van der Waals surface area contributed by atoms with Crippen LogP contribution in [0.4, 0.5) is 4.79 Å². The van der Waals surface area contributed by atoms with Crippen LogP contribution in [0.15, 0.2) is 41.0 Å². The third-order valence-electron chi connectivity index (χ3n) is 1.81. The van der Waals surface area contributed by atoms with Gasteiger partial charge in [0.1, 0.15) is 0 Å². The number of nitrogens with two attached hydrogens (primary N) is 1. The first-order chi connectivity index (χ1) is 7.61. The molecule has 0 saturated heterocycles. The number of amides is 2. The lowest BCUT2D eigenvalue weighted by atomic mass is 10.1. The number of urea groups is 1. The molecule has 0 unspecified atom stereocenters. The Morgan fingerprint density at radius 3 is 2.62 bits per heavy atom. The first kappa shape index (κ1) is 12.3. The van der Waals surface area contributed by atoms with Crippen molar-refractivity contribution in [1.29, 1.82) is 0 Å². The van der Waals surface area contributed by atoms with Gasteiger partial charge >= 0.3 is 6.03 Å². The van der Waals surface area contributed by atoms with Gasteiger partial charge in [-0.05, 0) is 18.1 Å². The van der Waals surface area contributed by atoms with E-state index in [0.29, 0.717) is 5.03 Å².